The van der Waals surface area contributed by atoms with Crippen molar-refractivity contribution < 1.29 is 9.53 Å². The molecule has 110 valence electrons. The van der Waals surface area contributed by atoms with E-state index in [0.717, 1.165) is 27.4 Å². The number of benzene rings is 1. The number of hydrogen-bond acceptors (Lipinski definition) is 5. The minimum atomic E-state index is -0.235. The fourth-order valence-corrected chi connectivity index (χ4v) is 2.90. The number of pyridine rings is 1. The zero-order valence-electron chi connectivity index (χ0n) is 12.0. The Labute approximate surface area is 132 Å². The zero-order valence-corrected chi connectivity index (χ0v) is 12.8. The van der Waals surface area contributed by atoms with Gasteiger partial charge >= 0.3 is 5.97 Å². The Bertz CT molecular complexity index is 767. The van der Waals surface area contributed by atoms with E-state index in [-0.39, 0.29) is 12.4 Å². The number of ether oxygens (including phenoxy) is 1. The first-order valence-corrected chi connectivity index (χ1v) is 7.66. The Morgan fingerprint density at radius 1 is 1.09 bits per heavy atom. The summed E-state index contributed by atoms with van der Waals surface area (Å²) in [4.78, 5) is 19.9. The van der Waals surface area contributed by atoms with Gasteiger partial charge in [0.05, 0.1) is 19.2 Å². The van der Waals surface area contributed by atoms with Crippen LogP contribution in [0.15, 0.2) is 54.2 Å². The maximum absolute atomic E-state index is 11.3. The van der Waals surface area contributed by atoms with Crippen LogP contribution in [0.1, 0.15) is 5.56 Å². The maximum atomic E-state index is 11.3. The van der Waals surface area contributed by atoms with Crippen molar-refractivity contribution in [3.8, 4) is 21.8 Å². The highest BCUT2D eigenvalue weighted by Gasteiger charge is 2.07. The largest absolute Gasteiger partial charge is 0.469 e. The third-order valence-corrected chi connectivity index (χ3v) is 4.15. The van der Waals surface area contributed by atoms with Gasteiger partial charge in [0, 0.05) is 28.9 Å². The lowest BCUT2D eigenvalue weighted by Crippen LogP contribution is -2.04. The first-order valence-electron chi connectivity index (χ1n) is 6.78. The predicted octanol–water partition coefficient (Wildman–Crippen LogP) is 3.59. The van der Waals surface area contributed by atoms with Gasteiger partial charge < -0.3 is 4.74 Å². The maximum Gasteiger partial charge on any atom is 0.309 e. The molecule has 0 unspecified atom stereocenters. The summed E-state index contributed by atoms with van der Waals surface area (Å²) in [7, 11) is 1.40. The van der Waals surface area contributed by atoms with Gasteiger partial charge in [0.25, 0.3) is 0 Å². The molecule has 1 aromatic carbocycles. The average Bonchev–Trinajstić information content (AvgIpc) is 3.06. The highest BCUT2D eigenvalue weighted by atomic mass is 32.1. The highest BCUT2D eigenvalue weighted by Crippen LogP contribution is 2.28. The molecule has 0 aliphatic rings. The molecular formula is C17H14N2O2S. The third-order valence-electron chi connectivity index (χ3n) is 3.26. The minimum absolute atomic E-state index is 0.235. The van der Waals surface area contributed by atoms with Crippen molar-refractivity contribution in [2.24, 2.45) is 0 Å². The summed E-state index contributed by atoms with van der Waals surface area (Å²) in [6.45, 7) is 0. The van der Waals surface area contributed by atoms with Gasteiger partial charge in [-0.15, -0.1) is 11.3 Å². The number of nitrogens with zero attached hydrogens (tertiary/aromatic N) is 2. The van der Waals surface area contributed by atoms with Crippen molar-refractivity contribution in [3.63, 3.8) is 0 Å². The van der Waals surface area contributed by atoms with E-state index < -0.39 is 0 Å². The van der Waals surface area contributed by atoms with E-state index in [1.54, 1.807) is 23.7 Å². The van der Waals surface area contributed by atoms with Crippen molar-refractivity contribution in [3.05, 3.63) is 59.7 Å². The summed E-state index contributed by atoms with van der Waals surface area (Å²) in [6, 6.07) is 11.7. The Balaban J connectivity index is 1.80. The van der Waals surface area contributed by atoms with Crippen LogP contribution in [-0.2, 0) is 16.0 Å². The first-order chi connectivity index (χ1) is 10.8. The number of thiazole rings is 1. The van der Waals surface area contributed by atoms with Gasteiger partial charge in [-0.05, 0) is 17.7 Å². The molecule has 2 heterocycles. The molecule has 0 saturated carbocycles. The van der Waals surface area contributed by atoms with Crippen LogP contribution in [0.25, 0.3) is 21.8 Å². The van der Waals surface area contributed by atoms with E-state index in [1.807, 2.05) is 41.8 Å². The number of aromatic nitrogens is 2. The lowest BCUT2D eigenvalue weighted by Gasteiger charge is -2.01. The summed E-state index contributed by atoms with van der Waals surface area (Å²) in [5, 5.41) is 3.00. The lowest BCUT2D eigenvalue weighted by atomic mass is 10.1. The van der Waals surface area contributed by atoms with Crippen LogP contribution in [0.2, 0.25) is 0 Å². The molecule has 0 atom stereocenters. The molecule has 0 saturated heterocycles. The summed E-state index contributed by atoms with van der Waals surface area (Å²) in [5.74, 6) is -0.235. The number of carbonyl (C=O) groups excluding carboxylic acids is 1. The van der Waals surface area contributed by atoms with Gasteiger partial charge in [-0.3, -0.25) is 9.78 Å². The molecule has 0 bridgehead atoms. The molecule has 4 nitrogen and oxygen atoms in total. The van der Waals surface area contributed by atoms with E-state index in [4.69, 9.17) is 0 Å². The van der Waals surface area contributed by atoms with Crippen LogP contribution in [0.3, 0.4) is 0 Å². The van der Waals surface area contributed by atoms with Crippen LogP contribution in [-0.4, -0.2) is 23.0 Å². The Morgan fingerprint density at radius 3 is 2.50 bits per heavy atom. The van der Waals surface area contributed by atoms with Crippen LogP contribution in [0, 0.1) is 0 Å². The topological polar surface area (TPSA) is 52.1 Å². The van der Waals surface area contributed by atoms with E-state index in [2.05, 4.69) is 14.7 Å². The number of rotatable bonds is 4. The zero-order chi connectivity index (χ0) is 15.4. The number of hydrogen-bond donors (Lipinski definition) is 0. The van der Waals surface area contributed by atoms with Gasteiger partial charge in [-0.25, -0.2) is 4.98 Å². The highest BCUT2D eigenvalue weighted by molar-refractivity contribution is 7.13. The molecular weight excluding hydrogens is 296 g/mol. The predicted molar refractivity (Wildman–Crippen MR) is 86.5 cm³/mol. The SMILES string of the molecule is COC(=O)Cc1ccc(-c2csc(-c3ccncc3)n2)cc1. The second kappa shape index (κ2) is 6.49. The minimum Gasteiger partial charge on any atom is -0.469 e. The molecule has 0 aliphatic heterocycles. The summed E-state index contributed by atoms with van der Waals surface area (Å²) < 4.78 is 4.67. The molecule has 2 aromatic heterocycles. The van der Waals surface area contributed by atoms with Crippen LogP contribution < -0.4 is 0 Å². The first kappa shape index (κ1) is 14.4. The van der Waals surface area contributed by atoms with E-state index in [1.165, 1.54) is 7.11 Å². The standard InChI is InChI=1S/C17H14N2O2S/c1-21-16(20)10-12-2-4-13(5-3-12)15-11-22-17(19-15)14-6-8-18-9-7-14/h2-9,11H,10H2,1H3. The average molecular weight is 310 g/mol. The second-order valence-electron chi connectivity index (χ2n) is 4.72. The quantitative estimate of drug-likeness (QED) is 0.691. The molecule has 5 heteroatoms. The van der Waals surface area contributed by atoms with Crippen LogP contribution in [0.5, 0.6) is 0 Å². The van der Waals surface area contributed by atoms with Crippen LogP contribution >= 0.6 is 11.3 Å². The van der Waals surface area contributed by atoms with Crippen molar-refractivity contribution >= 4 is 17.3 Å². The van der Waals surface area contributed by atoms with Crippen molar-refractivity contribution in [2.45, 2.75) is 6.42 Å². The Hall–Kier alpha value is -2.53. The normalized spacial score (nSPS) is 10.4. The Kier molecular flexibility index (Phi) is 4.25. The molecule has 0 amide bonds. The van der Waals surface area contributed by atoms with E-state index in [0.29, 0.717) is 0 Å². The van der Waals surface area contributed by atoms with Crippen molar-refractivity contribution in [2.75, 3.05) is 7.11 Å². The Morgan fingerprint density at radius 2 is 1.82 bits per heavy atom. The molecule has 0 aliphatic carbocycles. The molecule has 22 heavy (non-hydrogen) atoms. The molecule has 3 rings (SSSR count). The number of methoxy groups -OCH3 is 1. The van der Waals surface area contributed by atoms with Crippen molar-refractivity contribution in [1.82, 2.24) is 9.97 Å². The van der Waals surface area contributed by atoms with Gasteiger partial charge in [-0.2, -0.15) is 0 Å². The van der Waals surface area contributed by atoms with Gasteiger partial charge in [-0.1, -0.05) is 24.3 Å². The fraction of sp³-hybridized carbons (Fsp3) is 0.118. The second-order valence-corrected chi connectivity index (χ2v) is 5.58. The van der Waals surface area contributed by atoms with Gasteiger partial charge in [0.15, 0.2) is 0 Å². The van der Waals surface area contributed by atoms with Gasteiger partial charge in [0.1, 0.15) is 5.01 Å². The van der Waals surface area contributed by atoms with E-state index in [9.17, 15) is 4.79 Å². The van der Waals surface area contributed by atoms with Gasteiger partial charge in [0.2, 0.25) is 0 Å². The molecule has 0 N–H and O–H groups in total. The smallest absolute Gasteiger partial charge is 0.309 e. The monoisotopic (exact) mass is 310 g/mol. The van der Waals surface area contributed by atoms with Crippen molar-refractivity contribution in [1.29, 1.82) is 0 Å². The molecule has 0 fully saturated rings. The number of carbonyl (C=O) groups is 1. The summed E-state index contributed by atoms with van der Waals surface area (Å²) >= 11 is 1.60. The number of esters is 1. The molecule has 3 aromatic rings. The summed E-state index contributed by atoms with van der Waals surface area (Å²) in [6.07, 6.45) is 3.81. The van der Waals surface area contributed by atoms with Crippen LogP contribution in [0.4, 0.5) is 0 Å². The lowest BCUT2D eigenvalue weighted by molar-refractivity contribution is -0.139. The van der Waals surface area contributed by atoms with E-state index >= 15 is 0 Å². The molecule has 0 radical (unpaired) electrons. The third kappa shape index (κ3) is 3.20. The summed E-state index contributed by atoms with van der Waals surface area (Å²) in [5.41, 5.74) is 3.96. The molecule has 0 spiro atoms. The fourth-order valence-electron chi connectivity index (χ4n) is 2.07.